The molecule has 1 aliphatic rings. The first-order valence-corrected chi connectivity index (χ1v) is 10.9. The van der Waals surface area contributed by atoms with E-state index in [0.29, 0.717) is 24.1 Å². The molecular weight excluding hydrogens is 436 g/mol. The third kappa shape index (κ3) is 4.25. The third-order valence-corrected chi connectivity index (χ3v) is 6.28. The van der Waals surface area contributed by atoms with Gasteiger partial charge in [0.1, 0.15) is 6.54 Å². The van der Waals surface area contributed by atoms with E-state index in [9.17, 15) is 23.7 Å². The Morgan fingerprint density at radius 2 is 2.00 bits per heavy atom. The summed E-state index contributed by atoms with van der Waals surface area (Å²) in [5, 5.41) is 24.3. The van der Waals surface area contributed by atoms with Crippen molar-refractivity contribution < 1.29 is 23.6 Å². The van der Waals surface area contributed by atoms with E-state index in [0.717, 1.165) is 23.2 Å². The van der Waals surface area contributed by atoms with Gasteiger partial charge in [0, 0.05) is 23.4 Å². The number of anilines is 1. The molecule has 0 fully saturated rings. The van der Waals surface area contributed by atoms with Crippen molar-refractivity contribution >= 4 is 28.6 Å². The van der Waals surface area contributed by atoms with Crippen LogP contribution in [0.1, 0.15) is 30.1 Å². The Morgan fingerprint density at radius 3 is 2.66 bits per heavy atom. The number of benzene rings is 2. The van der Waals surface area contributed by atoms with Crippen molar-refractivity contribution in [3.05, 3.63) is 76.1 Å². The number of nitro groups is 1. The largest absolute Gasteiger partial charge is 0.480 e. The first kappa shape index (κ1) is 21.7. The third-order valence-electron chi connectivity index (χ3n) is 5.48. The van der Waals surface area contributed by atoms with Crippen LogP contribution in [0.15, 0.2) is 54.7 Å². The summed E-state index contributed by atoms with van der Waals surface area (Å²) in [4.78, 5) is 21.7. The molecule has 10 nitrogen and oxygen atoms in total. The van der Waals surface area contributed by atoms with Crippen LogP contribution in [0, 0.1) is 10.1 Å². The number of nitrogens with zero attached hydrogens (tertiary/aromatic N) is 4. The number of fused-ring (bicyclic) bond motifs is 1. The van der Waals surface area contributed by atoms with Crippen LogP contribution in [0.2, 0.25) is 0 Å². The molecule has 3 aromatic rings. The molecule has 1 aliphatic carbocycles. The highest BCUT2D eigenvalue weighted by molar-refractivity contribution is 7.80. The van der Waals surface area contributed by atoms with Gasteiger partial charge in [0.05, 0.1) is 22.8 Å². The first-order chi connectivity index (χ1) is 15.3. The van der Waals surface area contributed by atoms with Crippen LogP contribution in [0.4, 0.5) is 11.4 Å². The number of hydrogen-bond donors (Lipinski definition) is 2. The van der Waals surface area contributed by atoms with E-state index in [1.165, 1.54) is 21.1 Å². The predicted octanol–water partition coefficient (Wildman–Crippen LogP) is 3.56. The van der Waals surface area contributed by atoms with Gasteiger partial charge in [-0.15, -0.1) is 0 Å². The number of rotatable bonds is 7. The zero-order valence-corrected chi connectivity index (χ0v) is 17.6. The van der Waals surface area contributed by atoms with Crippen LogP contribution >= 0.6 is 0 Å². The van der Waals surface area contributed by atoms with Crippen molar-refractivity contribution in [3.8, 4) is 11.1 Å². The molecule has 2 aromatic carbocycles. The van der Waals surface area contributed by atoms with Crippen molar-refractivity contribution in [2.45, 2.75) is 31.8 Å². The standard InChI is InChI=1S/C21H20N4O6S/c26-21(27)13-23-19-5-2-6-20(18(19)12-22-23)24(32(30)31)16-9-7-14(8-10-16)15-3-1-4-17(11-15)25(28)29/h1,3-4,7-12,20H,2,5-6,13H2,(H,26,27)(H,30,31). The Kier molecular flexibility index (Phi) is 6.01. The summed E-state index contributed by atoms with van der Waals surface area (Å²) in [6.07, 6.45) is 3.56. The van der Waals surface area contributed by atoms with Crippen LogP contribution in [-0.2, 0) is 29.0 Å². The number of non-ortho nitro benzene ring substituents is 1. The molecule has 32 heavy (non-hydrogen) atoms. The Morgan fingerprint density at radius 1 is 1.25 bits per heavy atom. The van der Waals surface area contributed by atoms with Crippen LogP contribution in [-0.4, -0.2) is 34.5 Å². The predicted molar refractivity (Wildman–Crippen MR) is 117 cm³/mol. The molecule has 0 bridgehead atoms. The van der Waals surface area contributed by atoms with Crippen LogP contribution in [0.3, 0.4) is 0 Å². The molecule has 2 unspecified atom stereocenters. The molecule has 0 spiro atoms. The molecular formula is C21H20N4O6S. The molecule has 166 valence electrons. The number of nitro benzene ring substituents is 1. The van der Waals surface area contributed by atoms with Crippen LogP contribution in [0.5, 0.6) is 0 Å². The lowest BCUT2D eigenvalue weighted by Gasteiger charge is -2.33. The molecule has 0 aliphatic heterocycles. The zero-order valence-electron chi connectivity index (χ0n) is 16.8. The summed E-state index contributed by atoms with van der Waals surface area (Å²) in [6.45, 7) is -0.262. The fraction of sp³-hybridized carbons (Fsp3) is 0.238. The van der Waals surface area contributed by atoms with Gasteiger partial charge in [-0.05, 0) is 42.5 Å². The fourth-order valence-electron chi connectivity index (χ4n) is 4.08. The van der Waals surface area contributed by atoms with E-state index in [1.54, 1.807) is 42.6 Å². The van der Waals surface area contributed by atoms with Gasteiger partial charge in [0.15, 0.2) is 0 Å². The van der Waals surface area contributed by atoms with Gasteiger partial charge in [-0.1, -0.05) is 24.3 Å². The monoisotopic (exact) mass is 456 g/mol. The summed E-state index contributed by atoms with van der Waals surface area (Å²) >= 11 is -2.33. The fourth-order valence-corrected chi connectivity index (χ4v) is 4.82. The molecule has 11 heteroatoms. The smallest absolute Gasteiger partial charge is 0.325 e. The van der Waals surface area contributed by atoms with Gasteiger partial charge in [-0.25, -0.2) is 4.21 Å². The summed E-state index contributed by atoms with van der Waals surface area (Å²) in [5.41, 5.74) is 3.38. The molecule has 2 atom stereocenters. The quantitative estimate of drug-likeness (QED) is 0.315. The summed E-state index contributed by atoms with van der Waals surface area (Å²) in [6, 6.07) is 12.7. The highest BCUT2D eigenvalue weighted by Gasteiger charge is 2.32. The minimum Gasteiger partial charge on any atom is -0.480 e. The number of carboxylic acid groups (broad SMARTS) is 1. The lowest BCUT2D eigenvalue weighted by Crippen LogP contribution is -2.33. The van der Waals surface area contributed by atoms with Gasteiger partial charge in [-0.3, -0.25) is 28.4 Å². The Balaban J connectivity index is 1.66. The van der Waals surface area contributed by atoms with E-state index in [1.807, 2.05) is 0 Å². The SMILES string of the molecule is O=C(O)Cn1ncc2c1CCCC2N(c1ccc(-c2cccc([N+](=O)[O-])c2)cc1)S(=O)O. The first-order valence-electron chi connectivity index (χ1n) is 9.86. The molecule has 0 radical (unpaired) electrons. The summed E-state index contributed by atoms with van der Waals surface area (Å²) in [5.74, 6) is -1.00. The van der Waals surface area contributed by atoms with Gasteiger partial charge < -0.3 is 5.11 Å². The average molecular weight is 456 g/mol. The van der Waals surface area contributed by atoms with Crippen LogP contribution in [0.25, 0.3) is 11.1 Å². The highest BCUT2D eigenvalue weighted by Crippen LogP contribution is 2.38. The second-order valence-electron chi connectivity index (χ2n) is 7.42. The Labute approximate surface area is 185 Å². The van der Waals surface area contributed by atoms with Crippen LogP contribution < -0.4 is 4.31 Å². The molecule has 4 rings (SSSR count). The maximum absolute atomic E-state index is 12.3. The highest BCUT2D eigenvalue weighted by atomic mass is 32.2. The van der Waals surface area contributed by atoms with Gasteiger partial charge in [-0.2, -0.15) is 5.10 Å². The van der Waals surface area contributed by atoms with Gasteiger partial charge >= 0.3 is 5.97 Å². The summed E-state index contributed by atoms with van der Waals surface area (Å²) < 4.78 is 25.2. The van der Waals surface area contributed by atoms with E-state index in [4.69, 9.17) is 5.11 Å². The van der Waals surface area contributed by atoms with E-state index >= 15 is 0 Å². The molecule has 0 saturated carbocycles. The van der Waals surface area contributed by atoms with Crippen molar-refractivity contribution in [3.63, 3.8) is 0 Å². The van der Waals surface area contributed by atoms with Crippen molar-refractivity contribution in [2.75, 3.05) is 4.31 Å². The minimum atomic E-state index is -2.33. The lowest BCUT2D eigenvalue weighted by atomic mass is 9.92. The lowest BCUT2D eigenvalue weighted by molar-refractivity contribution is -0.384. The maximum Gasteiger partial charge on any atom is 0.325 e. The van der Waals surface area contributed by atoms with Crippen molar-refractivity contribution in [1.29, 1.82) is 0 Å². The second-order valence-corrected chi connectivity index (χ2v) is 8.27. The molecule has 0 amide bonds. The maximum atomic E-state index is 12.3. The Bertz CT molecular complexity index is 1190. The Hall–Kier alpha value is -3.57. The number of carboxylic acids is 1. The van der Waals surface area contributed by atoms with Crippen molar-refractivity contribution in [2.24, 2.45) is 0 Å². The summed E-state index contributed by atoms with van der Waals surface area (Å²) in [7, 11) is 0. The zero-order chi connectivity index (χ0) is 22.8. The second kappa shape index (κ2) is 8.89. The van der Waals surface area contributed by atoms with E-state index < -0.39 is 28.2 Å². The molecule has 1 aromatic heterocycles. The number of hydrogen-bond acceptors (Lipinski definition) is 5. The van der Waals surface area contributed by atoms with Gasteiger partial charge in [0.2, 0.25) is 0 Å². The minimum absolute atomic E-state index is 0.0160. The number of aliphatic carboxylic acids is 1. The molecule has 0 saturated heterocycles. The topological polar surface area (TPSA) is 139 Å². The number of carbonyl (C=O) groups is 1. The molecule has 1 heterocycles. The van der Waals surface area contributed by atoms with E-state index in [2.05, 4.69) is 5.10 Å². The van der Waals surface area contributed by atoms with Gasteiger partial charge in [0.25, 0.3) is 17.0 Å². The van der Waals surface area contributed by atoms with E-state index in [-0.39, 0.29) is 12.2 Å². The number of aromatic nitrogens is 2. The normalized spacial score (nSPS) is 16.2. The van der Waals surface area contributed by atoms with Crippen molar-refractivity contribution in [1.82, 2.24) is 9.78 Å². The molecule has 2 N–H and O–H groups in total. The average Bonchev–Trinajstić information content (AvgIpc) is 3.17.